The summed E-state index contributed by atoms with van der Waals surface area (Å²) in [6.45, 7) is 7.07. The van der Waals surface area contributed by atoms with Gasteiger partial charge in [-0.15, -0.1) is 0 Å². The SMILES string of the molecule is CN(C)C(=O)COc1c(Br)cccc1CNC(C)(C)C. The van der Waals surface area contributed by atoms with Gasteiger partial charge >= 0.3 is 0 Å². The van der Waals surface area contributed by atoms with Crippen molar-refractivity contribution < 1.29 is 9.53 Å². The Labute approximate surface area is 129 Å². The summed E-state index contributed by atoms with van der Waals surface area (Å²) in [5.74, 6) is 0.662. The number of nitrogens with zero attached hydrogens (tertiary/aromatic N) is 1. The van der Waals surface area contributed by atoms with Gasteiger partial charge in [-0.2, -0.15) is 0 Å². The molecule has 1 amide bonds. The van der Waals surface area contributed by atoms with Crippen LogP contribution in [-0.4, -0.2) is 37.0 Å². The third-order valence-corrected chi connectivity index (χ3v) is 3.32. The van der Waals surface area contributed by atoms with E-state index in [4.69, 9.17) is 4.74 Å². The summed E-state index contributed by atoms with van der Waals surface area (Å²) in [4.78, 5) is 13.1. The molecule has 0 unspecified atom stereocenters. The third kappa shape index (κ3) is 5.51. The van der Waals surface area contributed by atoms with Crippen LogP contribution in [0.5, 0.6) is 5.75 Å². The number of halogens is 1. The van der Waals surface area contributed by atoms with Crippen LogP contribution < -0.4 is 10.1 Å². The lowest BCUT2D eigenvalue weighted by atomic mass is 10.1. The van der Waals surface area contributed by atoms with E-state index in [0.717, 1.165) is 15.8 Å². The molecule has 1 rings (SSSR count). The van der Waals surface area contributed by atoms with Crippen LogP contribution in [0.2, 0.25) is 0 Å². The van der Waals surface area contributed by atoms with Crippen molar-refractivity contribution in [1.29, 1.82) is 0 Å². The molecule has 0 aliphatic heterocycles. The first-order valence-corrected chi connectivity index (χ1v) is 7.35. The van der Waals surface area contributed by atoms with Gasteiger partial charge in [0, 0.05) is 31.7 Å². The number of hydrogen-bond donors (Lipinski definition) is 1. The highest BCUT2D eigenvalue weighted by atomic mass is 79.9. The minimum Gasteiger partial charge on any atom is -0.482 e. The maximum atomic E-state index is 11.6. The van der Waals surface area contributed by atoms with Crippen molar-refractivity contribution in [2.24, 2.45) is 0 Å². The van der Waals surface area contributed by atoms with Crippen molar-refractivity contribution in [3.05, 3.63) is 28.2 Å². The Morgan fingerprint density at radius 3 is 2.55 bits per heavy atom. The average Bonchev–Trinajstić information content (AvgIpc) is 2.33. The second-order valence-corrected chi connectivity index (χ2v) is 6.76. The quantitative estimate of drug-likeness (QED) is 0.894. The van der Waals surface area contributed by atoms with Crippen LogP contribution in [0, 0.1) is 0 Å². The first kappa shape index (κ1) is 17.0. The lowest BCUT2D eigenvalue weighted by Gasteiger charge is -2.22. The molecule has 4 nitrogen and oxygen atoms in total. The normalized spacial score (nSPS) is 11.3. The standard InChI is InChI=1S/C15H23BrN2O2/c1-15(2,3)17-9-11-7-6-8-12(16)14(11)20-10-13(19)18(4)5/h6-8,17H,9-10H2,1-5H3. The average molecular weight is 343 g/mol. The molecular formula is C15H23BrN2O2. The molecule has 0 saturated heterocycles. The molecule has 0 aliphatic carbocycles. The Morgan fingerprint density at radius 2 is 2.00 bits per heavy atom. The molecule has 112 valence electrons. The number of para-hydroxylation sites is 1. The first-order valence-electron chi connectivity index (χ1n) is 6.56. The molecule has 20 heavy (non-hydrogen) atoms. The van der Waals surface area contributed by atoms with Crippen LogP contribution in [0.15, 0.2) is 22.7 Å². The second kappa shape index (κ2) is 7.09. The number of likely N-dealkylation sites (N-methyl/N-ethyl adjacent to an activating group) is 1. The summed E-state index contributed by atoms with van der Waals surface area (Å²) in [7, 11) is 3.43. The maximum absolute atomic E-state index is 11.6. The zero-order valence-electron chi connectivity index (χ0n) is 12.8. The van der Waals surface area contributed by atoms with E-state index in [-0.39, 0.29) is 18.1 Å². The zero-order chi connectivity index (χ0) is 15.3. The van der Waals surface area contributed by atoms with Gasteiger partial charge in [0.2, 0.25) is 0 Å². The van der Waals surface area contributed by atoms with E-state index < -0.39 is 0 Å². The van der Waals surface area contributed by atoms with Crippen molar-refractivity contribution in [3.8, 4) is 5.75 Å². The highest BCUT2D eigenvalue weighted by Gasteiger charge is 2.14. The molecule has 0 bridgehead atoms. The Kier molecular flexibility index (Phi) is 6.02. The smallest absolute Gasteiger partial charge is 0.259 e. The van der Waals surface area contributed by atoms with Crippen molar-refractivity contribution in [2.75, 3.05) is 20.7 Å². The van der Waals surface area contributed by atoms with Gasteiger partial charge < -0.3 is 15.0 Å². The number of carbonyl (C=O) groups excluding carboxylic acids is 1. The molecule has 1 aromatic rings. The Bertz CT molecular complexity index is 467. The summed E-state index contributed by atoms with van der Waals surface area (Å²) in [6.07, 6.45) is 0. The summed E-state index contributed by atoms with van der Waals surface area (Å²) in [5.41, 5.74) is 1.06. The summed E-state index contributed by atoms with van der Waals surface area (Å²) in [6, 6.07) is 5.87. The van der Waals surface area contributed by atoms with Crippen molar-refractivity contribution in [3.63, 3.8) is 0 Å². The van der Waals surface area contributed by atoms with E-state index in [1.165, 1.54) is 4.90 Å². The van der Waals surface area contributed by atoms with Crippen molar-refractivity contribution in [1.82, 2.24) is 10.2 Å². The summed E-state index contributed by atoms with van der Waals surface area (Å²) < 4.78 is 6.54. The number of nitrogens with one attached hydrogen (secondary N) is 1. The fourth-order valence-corrected chi connectivity index (χ4v) is 2.00. The number of benzene rings is 1. The molecule has 0 saturated carbocycles. The minimum atomic E-state index is -0.0597. The van der Waals surface area contributed by atoms with E-state index in [0.29, 0.717) is 6.54 Å². The number of amides is 1. The van der Waals surface area contributed by atoms with Gasteiger partial charge in [-0.25, -0.2) is 0 Å². The van der Waals surface area contributed by atoms with Crippen LogP contribution in [0.3, 0.4) is 0 Å². The molecule has 0 heterocycles. The Balaban J connectivity index is 2.80. The second-order valence-electron chi connectivity index (χ2n) is 5.91. The van der Waals surface area contributed by atoms with Gasteiger partial charge in [0.15, 0.2) is 6.61 Å². The molecule has 1 N–H and O–H groups in total. The predicted octanol–water partition coefficient (Wildman–Crippen LogP) is 2.80. The van der Waals surface area contributed by atoms with Crippen LogP contribution >= 0.6 is 15.9 Å². The molecule has 0 radical (unpaired) electrons. The van der Waals surface area contributed by atoms with Crippen LogP contribution in [0.25, 0.3) is 0 Å². The highest BCUT2D eigenvalue weighted by Crippen LogP contribution is 2.29. The third-order valence-electron chi connectivity index (χ3n) is 2.70. The fourth-order valence-electron chi connectivity index (χ4n) is 1.48. The summed E-state index contributed by atoms with van der Waals surface area (Å²) >= 11 is 3.48. The van der Waals surface area contributed by atoms with Gasteiger partial charge in [-0.1, -0.05) is 12.1 Å². The molecule has 0 fully saturated rings. The monoisotopic (exact) mass is 342 g/mol. The van der Waals surface area contributed by atoms with E-state index >= 15 is 0 Å². The van der Waals surface area contributed by atoms with Crippen molar-refractivity contribution >= 4 is 21.8 Å². The van der Waals surface area contributed by atoms with E-state index in [1.54, 1.807) is 14.1 Å². The van der Waals surface area contributed by atoms with Gasteiger partial charge in [-0.3, -0.25) is 4.79 Å². The molecule has 0 spiro atoms. The zero-order valence-corrected chi connectivity index (χ0v) is 14.4. The predicted molar refractivity (Wildman–Crippen MR) is 84.9 cm³/mol. The molecule has 0 atom stereocenters. The van der Waals surface area contributed by atoms with Gasteiger partial charge in [0.05, 0.1) is 4.47 Å². The number of ether oxygens (including phenoxy) is 1. The molecule has 5 heteroatoms. The van der Waals surface area contributed by atoms with Crippen LogP contribution in [0.1, 0.15) is 26.3 Å². The minimum absolute atomic E-state index is 0.0268. The molecular weight excluding hydrogens is 320 g/mol. The van der Waals surface area contributed by atoms with Gasteiger partial charge in [0.25, 0.3) is 5.91 Å². The summed E-state index contributed by atoms with van der Waals surface area (Å²) in [5, 5.41) is 3.42. The number of rotatable bonds is 5. The van der Waals surface area contributed by atoms with E-state index in [9.17, 15) is 4.79 Å². The lowest BCUT2D eigenvalue weighted by Crippen LogP contribution is -2.35. The maximum Gasteiger partial charge on any atom is 0.259 e. The topological polar surface area (TPSA) is 41.6 Å². The number of hydrogen-bond acceptors (Lipinski definition) is 3. The molecule has 1 aromatic carbocycles. The number of carbonyl (C=O) groups is 1. The van der Waals surface area contributed by atoms with E-state index in [2.05, 4.69) is 42.0 Å². The Morgan fingerprint density at radius 1 is 1.35 bits per heavy atom. The molecule has 0 aliphatic rings. The van der Waals surface area contributed by atoms with Crippen LogP contribution in [0.4, 0.5) is 0 Å². The fraction of sp³-hybridized carbons (Fsp3) is 0.533. The van der Waals surface area contributed by atoms with E-state index in [1.807, 2.05) is 18.2 Å². The lowest BCUT2D eigenvalue weighted by molar-refractivity contribution is -0.130. The van der Waals surface area contributed by atoms with Crippen LogP contribution in [-0.2, 0) is 11.3 Å². The van der Waals surface area contributed by atoms with Gasteiger partial charge in [-0.05, 0) is 42.8 Å². The largest absolute Gasteiger partial charge is 0.482 e. The Hall–Kier alpha value is -1.07. The van der Waals surface area contributed by atoms with Gasteiger partial charge in [0.1, 0.15) is 5.75 Å². The first-order chi connectivity index (χ1) is 9.20. The highest BCUT2D eigenvalue weighted by molar-refractivity contribution is 9.10. The van der Waals surface area contributed by atoms with Crippen molar-refractivity contribution in [2.45, 2.75) is 32.9 Å². The molecule has 0 aromatic heterocycles.